The lowest BCUT2D eigenvalue weighted by Crippen LogP contribution is -2.36. The third kappa shape index (κ3) is 5.39. The van der Waals surface area contributed by atoms with Gasteiger partial charge < -0.3 is 28.8 Å². The van der Waals surface area contributed by atoms with E-state index in [9.17, 15) is 14.7 Å². The molecule has 0 saturated carbocycles. The molecule has 1 amide bonds. The average molecular weight is 457 g/mol. The predicted octanol–water partition coefficient (Wildman–Crippen LogP) is 4.00. The Hall–Kier alpha value is -3.26. The van der Waals surface area contributed by atoms with Crippen molar-refractivity contribution in [3.63, 3.8) is 0 Å². The van der Waals surface area contributed by atoms with E-state index in [0.717, 1.165) is 12.8 Å². The van der Waals surface area contributed by atoms with Gasteiger partial charge in [0, 0.05) is 13.1 Å². The van der Waals surface area contributed by atoms with Crippen LogP contribution in [0.5, 0.6) is 11.5 Å². The Balaban J connectivity index is 2.04. The minimum absolute atomic E-state index is 0.00388. The number of unbranched alkanes of at least 4 members (excludes halogenated alkanes) is 1. The van der Waals surface area contributed by atoms with E-state index in [1.165, 1.54) is 17.2 Å². The van der Waals surface area contributed by atoms with Crippen LogP contribution in [0.4, 0.5) is 0 Å². The summed E-state index contributed by atoms with van der Waals surface area (Å²) in [4.78, 5) is 29.7. The number of ketones is 1. The highest BCUT2D eigenvalue weighted by atomic mass is 16.5. The summed E-state index contributed by atoms with van der Waals surface area (Å²) in [6.45, 7) is 5.85. The normalized spacial score (nSPS) is 16.1. The van der Waals surface area contributed by atoms with Crippen molar-refractivity contribution in [3.05, 3.63) is 59.3 Å². The van der Waals surface area contributed by atoms with Gasteiger partial charge in [0.2, 0.25) is 5.78 Å². The lowest BCUT2D eigenvalue weighted by molar-refractivity contribution is -0.129. The number of likely N-dealkylation sites (N-methyl/N-ethyl adjacent to an activating group) is 1. The van der Waals surface area contributed by atoms with Crippen LogP contribution in [-0.2, 0) is 4.79 Å². The van der Waals surface area contributed by atoms with Crippen molar-refractivity contribution in [2.45, 2.75) is 32.7 Å². The van der Waals surface area contributed by atoms with Crippen LogP contribution in [0.1, 0.15) is 48.8 Å². The van der Waals surface area contributed by atoms with Crippen molar-refractivity contribution in [2.24, 2.45) is 0 Å². The first-order chi connectivity index (χ1) is 15.9. The molecule has 1 atom stereocenters. The number of benzene rings is 1. The molecule has 2 heterocycles. The zero-order valence-electron chi connectivity index (χ0n) is 19.7. The lowest BCUT2D eigenvalue weighted by Gasteiger charge is -2.28. The number of carbonyl (C=O) groups excluding carboxylic acids is 2. The number of aliphatic hydroxyl groups excluding tert-OH is 1. The standard InChI is InChI=1S/C25H32N2O6/c1-5-7-14-32-18-11-10-17(16-20(18)31-6-2)22-21(23(28)19-9-8-15-33-19)24(29)25(30)27(22)13-12-26(3)4/h8-11,15-16,22,29H,5-7,12-14H2,1-4H3. The Morgan fingerprint density at radius 3 is 2.61 bits per heavy atom. The van der Waals surface area contributed by atoms with Gasteiger partial charge in [-0.3, -0.25) is 9.59 Å². The van der Waals surface area contributed by atoms with E-state index in [4.69, 9.17) is 13.9 Å². The number of hydrogen-bond acceptors (Lipinski definition) is 7. The van der Waals surface area contributed by atoms with E-state index < -0.39 is 23.5 Å². The highest BCUT2D eigenvalue weighted by molar-refractivity contribution is 6.15. The fourth-order valence-electron chi connectivity index (χ4n) is 3.72. The molecule has 1 aliphatic rings. The number of ether oxygens (including phenoxy) is 2. The smallest absolute Gasteiger partial charge is 0.290 e. The number of hydrogen-bond donors (Lipinski definition) is 1. The summed E-state index contributed by atoms with van der Waals surface area (Å²) in [5.41, 5.74) is 0.642. The van der Waals surface area contributed by atoms with Crippen LogP contribution in [0.25, 0.3) is 0 Å². The first kappa shape index (κ1) is 24.4. The van der Waals surface area contributed by atoms with Crippen LogP contribution < -0.4 is 9.47 Å². The van der Waals surface area contributed by atoms with E-state index in [-0.39, 0.29) is 11.3 Å². The highest BCUT2D eigenvalue weighted by Gasteiger charge is 2.44. The SMILES string of the molecule is CCCCOc1ccc(C2C(C(=O)c3ccco3)=C(O)C(=O)N2CCN(C)C)cc1OCC. The second kappa shape index (κ2) is 11.0. The predicted molar refractivity (Wildman–Crippen MR) is 124 cm³/mol. The number of Topliss-reactive ketones (excluding diaryl/α,β-unsaturated/α-hetero) is 1. The first-order valence-electron chi connectivity index (χ1n) is 11.3. The molecule has 8 nitrogen and oxygen atoms in total. The molecule has 0 bridgehead atoms. The molecule has 8 heteroatoms. The van der Waals surface area contributed by atoms with Crippen LogP contribution in [0.15, 0.2) is 52.3 Å². The maximum Gasteiger partial charge on any atom is 0.290 e. The van der Waals surface area contributed by atoms with Crippen LogP contribution >= 0.6 is 0 Å². The van der Waals surface area contributed by atoms with Gasteiger partial charge in [0.1, 0.15) is 0 Å². The molecule has 1 aromatic carbocycles. The second-order valence-corrected chi connectivity index (χ2v) is 8.11. The summed E-state index contributed by atoms with van der Waals surface area (Å²) < 4.78 is 16.9. The minimum atomic E-state index is -0.779. The van der Waals surface area contributed by atoms with Crippen LogP contribution in [-0.4, -0.2) is 67.0 Å². The Labute approximate surface area is 194 Å². The largest absolute Gasteiger partial charge is 0.503 e. The molecular formula is C25H32N2O6. The van der Waals surface area contributed by atoms with Crippen molar-refractivity contribution in [2.75, 3.05) is 40.4 Å². The number of furan rings is 1. The molecule has 0 radical (unpaired) electrons. The Bertz CT molecular complexity index is 996. The van der Waals surface area contributed by atoms with Crippen LogP contribution in [0, 0.1) is 0 Å². The topological polar surface area (TPSA) is 92.5 Å². The molecule has 2 aromatic rings. The Kier molecular flexibility index (Phi) is 8.16. The maximum atomic E-state index is 13.2. The molecule has 0 saturated heterocycles. The zero-order valence-corrected chi connectivity index (χ0v) is 19.7. The third-order valence-corrected chi connectivity index (χ3v) is 5.42. The van der Waals surface area contributed by atoms with Gasteiger partial charge in [0.05, 0.1) is 31.1 Å². The number of nitrogens with zero attached hydrogens (tertiary/aromatic N) is 2. The summed E-state index contributed by atoms with van der Waals surface area (Å²) in [5.74, 6) is -0.468. The summed E-state index contributed by atoms with van der Waals surface area (Å²) in [6.07, 6.45) is 3.31. The van der Waals surface area contributed by atoms with Crippen molar-refractivity contribution >= 4 is 11.7 Å². The van der Waals surface area contributed by atoms with Gasteiger partial charge in [-0.05, 0) is 57.3 Å². The van der Waals surface area contributed by atoms with E-state index in [1.807, 2.05) is 25.9 Å². The molecular weight excluding hydrogens is 424 g/mol. The molecule has 0 spiro atoms. The fourth-order valence-corrected chi connectivity index (χ4v) is 3.72. The molecule has 1 aromatic heterocycles. The quantitative estimate of drug-likeness (QED) is 0.381. The maximum absolute atomic E-state index is 13.2. The zero-order chi connectivity index (χ0) is 24.0. The fraction of sp³-hybridized carbons (Fsp3) is 0.440. The third-order valence-electron chi connectivity index (χ3n) is 5.42. The van der Waals surface area contributed by atoms with E-state index >= 15 is 0 Å². The van der Waals surface area contributed by atoms with Gasteiger partial charge in [-0.1, -0.05) is 19.4 Å². The van der Waals surface area contributed by atoms with Crippen molar-refractivity contribution in [1.82, 2.24) is 9.80 Å². The van der Waals surface area contributed by atoms with Crippen LogP contribution in [0.3, 0.4) is 0 Å². The number of amides is 1. The molecule has 33 heavy (non-hydrogen) atoms. The highest BCUT2D eigenvalue weighted by Crippen LogP contribution is 2.41. The average Bonchev–Trinajstić information content (AvgIpc) is 3.41. The van der Waals surface area contributed by atoms with Gasteiger partial charge in [0.25, 0.3) is 5.91 Å². The molecule has 1 unspecified atom stereocenters. The molecule has 0 aliphatic carbocycles. The molecule has 0 fully saturated rings. The number of carbonyl (C=O) groups is 2. The van der Waals surface area contributed by atoms with Crippen molar-refractivity contribution in [1.29, 1.82) is 0 Å². The number of rotatable bonds is 12. The lowest BCUT2D eigenvalue weighted by atomic mass is 9.94. The van der Waals surface area contributed by atoms with Gasteiger partial charge in [0.15, 0.2) is 23.0 Å². The first-order valence-corrected chi connectivity index (χ1v) is 11.3. The summed E-state index contributed by atoms with van der Waals surface area (Å²) in [7, 11) is 3.79. The molecule has 3 rings (SSSR count). The summed E-state index contributed by atoms with van der Waals surface area (Å²) >= 11 is 0. The van der Waals surface area contributed by atoms with Crippen molar-refractivity contribution in [3.8, 4) is 11.5 Å². The summed E-state index contributed by atoms with van der Waals surface area (Å²) in [6, 6.07) is 7.70. The van der Waals surface area contributed by atoms with Gasteiger partial charge in [-0.2, -0.15) is 0 Å². The second-order valence-electron chi connectivity index (χ2n) is 8.11. The number of aliphatic hydroxyl groups is 1. The minimum Gasteiger partial charge on any atom is -0.503 e. The Morgan fingerprint density at radius 1 is 1.18 bits per heavy atom. The van der Waals surface area contributed by atoms with Crippen LogP contribution in [0.2, 0.25) is 0 Å². The Morgan fingerprint density at radius 2 is 1.97 bits per heavy atom. The van der Waals surface area contributed by atoms with E-state index in [0.29, 0.717) is 43.4 Å². The molecule has 178 valence electrons. The van der Waals surface area contributed by atoms with Gasteiger partial charge in [-0.15, -0.1) is 0 Å². The monoisotopic (exact) mass is 456 g/mol. The van der Waals surface area contributed by atoms with Gasteiger partial charge in [-0.25, -0.2) is 0 Å². The van der Waals surface area contributed by atoms with Gasteiger partial charge >= 0.3 is 0 Å². The molecule has 1 aliphatic heterocycles. The summed E-state index contributed by atoms with van der Waals surface area (Å²) in [5, 5.41) is 10.7. The van der Waals surface area contributed by atoms with Crippen molar-refractivity contribution < 1.29 is 28.6 Å². The van der Waals surface area contributed by atoms with E-state index in [2.05, 4.69) is 6.92 Å². The van der Waals surface area contributed by atoms with E-state index in [1.54, 1.807) is 24.3 Å². The molecule has 1 N–H and O–H groups in total.